The highest BCUT2D eigenvalue weighted by Gasteiger charge is 2.24. The van der Waals surface area contributed by atoms with Crippen LogP contribution < -0.4 is 10.6 Å². The van der Waals surface area contributed by atoms with Crippen LogP contribution in [0.15, 0.2) is 6.07 Å². The Morgan fingerprint density at radius 2 is 2.17 bits per heavy atom. The summed E-state index contributed by atoms with van der Waals surface area (Å²) >= 11 is 1.44. The normalized spacial score (nSPS) is 17.8. The van der Waals surface area contributed by atoms with Gasteiger partial charge in [-0.15, -0.1) is 11.3 Å². The van der Waals surface area contributed by atoms with Gasteiger partial charge in [-0.1, -0.05) is 6.92 Å². The van der Waals surface area contributed by atoms with Crippen molar-refractivity contribution in [3.63, 3.8) is 0 Å². The molecule has 0 saturated heterocycles. The molecule has 0 radical (unpaired) electrons. The largest absolute Gasteiger partial charge is 0.448 e. The number of hydrogen-bond donors (Lipinski definition) is 2. The van der Waals surface area contributed by atoms with E-state index in [2.05, 4.69) is 17.6 Å². The molecule has 1 heterocycles. The predicted molar refractivity (Wildman–Crippen MR) is 87.6 cm³/mol. The van der Waals surface area contributed by atoms with Crippen molar-refractivity contribution in [1.29, 1.82) is 0 Å². The van der Waals surface area contributed by atoms with Gasteiger partial charge in [-0.25, -0.2) is 9.59 Å². The highest BCUT2D eigenvalue weighted by atomic mass is 32.1. The van der Waals surface area contributed by atoms with E-state index in [9.17, 15) is 14.4 Å². The van der Waals surface area contributed by atoms with Gasteiger partial charge in [0.1, 0.15) is 4.88 Å². The molecule has 6 nitrogen and oxygen atoms in total. The third kappa shape index (κ3) is 4.54. The number of hydrogen-bond acceptors (Lipinski definition) is 5. The summed E-state index contributed by atoms with van der Waals surface area (Å²) in [5, 5.41) is 4.57. The zero-order valence-corrected chi connectivity index (χ0v) is 14.4. The maximum atomic E-state index is 12.2. The second kappa shape index (κ2) is 7.59. The van der Waals surface area contributed by atoms with Gasteiger partial charge in [-0.3, -0.25) is 10.1 Å². The summed E-state index contributed by atoms with van der Waals surface area (Å²) in [7, 11) is 0. The first-order valence-corrected chi connectivity index (χ1v) is 8.63. The Hall–Kier alpha value is -1.89. The molecule has 0 aliphatic heterocycles. The van der Waals surface area contributed by atoms with E-state index in [1.54, 1.807) is 6.92 Å². The van der Waals surface area contributed by atoms with Crippen LogP contribution in [0.5, 0.6) is 0 Å². The van der Waals surface area contributed by atoms with Crippen molar-refractivity contribution in [2.75, 3.05) is 6.54 Å². The number of thiophene rings is 1. The molecule has 23 heavy (non-hydrogen) atoms. The minimum atomic E-state index is -1.02. The van der Waals surface area contributed by atoms with Gasteiger partial charge >= 0.3 is 12.0 Å². The first-order valence-electron chi connectivity index (χ1n) is 7.82. The van der Waals surface area contributed by atoms with Gasteiger partial charge in [0.15, 0.2) is 6.10 Å². The van der Waals surface area contributed by atoms with Gasteiger partial charge in [-0.2, -0.15) is 0 Å². The summed E-state index contributed by atoms with van der Waals surface area (Å²) in [6.45, 7) is 5.80. The molecule has 0 bridgehead atoms. The summed E-state index contributed by atoms with van der Waals surface area (Å²) in [5.74, 6) is -0.530. The maximum absolute atomic E-state index is 12.2. The molecule has 2 atom stereocenters. The Labute approximate surface area is 139 Å². The molecule has 3 amide bonds. The van der Waals surface area contributed by atoms with Crippen LogP contribution in [0, 0.1) is 5.92 Å². The molecule has 7 heteroatoms. The van der Waals surface area contributed by atoms with Crippen LogP contribution in [0.2, 0.25) is 0 Å². The zero-order valence-electron chi connectivity index (χ0n) is 13.6. The molecular formula is C16H22N2O4S. The van der Waals surface area contributed by atoms with E-state index in [-0.39, 0.29) is 0 Å². The molecule has 0 aromatic carbocycles. The maximum Gasteiger partial charge on any atom is 0.349 e. The first-order chi connectivity index (χ1) is 10.9. The summed E-state index contributed by atoms with van der Waals surface area (Å²) in [6, 6.07) is 1.27. The van der Waals surface area contributed by atoms with Crippen LogP contribution in [0.3, 0.4) is 0 Å². The number of urea groups is 1. The fourth-order valence-corrected chi connectivity index (χ4v) is 3.59. The lowest BCUT2D eigenvalue weighted by Crippen LogP contribution is -2.44. The minimum Gasteiger partial charge on any atom is -0.448 e. The summed E-state index contributed by atoms with van der Waals surface area (Å²) in [6.07, 6.45) is 2.07. The summed E-state index contributed by atoms with van der Waals surface area (Å²) < 4.78 is 5.16. The second-order valence-electron chi connectivity index (χ2n) is 5.80. The van der Waals surface area contributed by atoms with Crippen LogP contribution >= 0.6 is 11.3 Å². The molecule has 126 valence electrons. The van der Waals surface area contributed by atoms with Gasteiger partial charge in [-0.05, 0) is 50.7 Å². The molecule has 1 aliphatic carbocycles. The van der Waals surface area contributed by atoms with Crippen molar-refractivity contribution >= 4 is 29.2 Å². The van der Waals surface area contributed by atoms with Gasteiger partial charge in [0.05, 0.1) is 0 Å². The smallest absolute Gasteiger partial charge is 0.349 e. The average Bonchev–Trinajstić information content (AvgIpc) is 2.90. The molecule has 0 spiro atoms. The standard InChI is InChI=1S/C16H22N2O4S/c1-4-17-16(21)18-14(19)10(3)22-15(20)13-8-11-7-9(2)5-6-12(11)23-13/h8-10H,4-7H2,1-3H3,(H2,17,18,19,21). The highest BCUT2D eigenvalue weighted by Crippen LogP contribution is 2.32. The van der Waals surface area contributed by atoms with Crippen LogP contribution in [-0.2, 0) is 22.4 Å². The molecule has 1 aliphatic rings. The van der Waals surface area contributed by atoms with Gasteiger partial charge in [0.25, 0.3) is 5.91 Å². The molecule has 0 fully saturated rings. The van der Waals surface area contributed by atoms with E-state index in [1.165, 1.54) is 28.7 Å². The van der Waals surface area contributed by atoms with E-state index in [0.29, 0.717) is 17.3 Å². The fraction of sp³-hybridized carbons (Fsp3) is 0.562. The van der Waals surface area contributed by atoms with Crippen LogP contribution in [-0.4, -0.2) is 30.6 Å². The quantitative estimate of drug-likeness (QED) is 0.825. The lowest BCUT2D eigenvalue weighted by molar-refractivity contribution is -0.127. The number of carbonyl (C=O) groups excluding carboxylic acids is 3. The molecular weight excluding hydrogens is 316 g/mol. The number of nitrogens with one attached hydrogen (secondary N) is 2. The molecule has 2 rings (SSSR count). The number of fused-ring (bicyclic) bond motifs is 1. The topological polar surface area (TPSA) is 84.5 Å². The van der Waals surface area contributed by atoms with E-state index in [4.69, 9.17) is 4.74 Å². The molecule has 0 saturated carbocycles. The van der Waals surface area contributed by atoms with Crippen molar-refractivity contribution in [3.05, 3.63) is 21.4 Å². The van der Waals surface area contributed by atoms with Gasteiger partial charge in [0.2, 0.25) is 0 Å². The van der Waals surface area contributed by atoms with Gasteiger partial charge in [0, 0.05) is 11.4 Å². The lowest BCUT2D eigenvalue weighted by atomic mass is 9.90. The number of amides is 3. The van der Waals surface area contributed by atoms with E-state index >= 15 is 0 Å². The van der Waals surface area contributed by atoms with Crippen LogP contribution in [0.25, 0.3) is 0 Å². The third-order valence-electron chi connectivity index (χ3n) is 3.76. The third-order valence-corrected chi connectivity index (χ3v) is 4.97. The summed E-state index contributed by atoms with van der Waals surface area (Å²) in [5.41, 5.74) is 1.21. The van der Waals surface area contributed by atoms with Crippen molar-refractivity contribution in [3.8, 4) is 0 Å². The number of esters is 1. The second-order valence-corrected chi connectivity index (χ2v) is 6.94. The van der Waals surface area contributed by atoms with E-state index < -0.39 is 24.0 Å². The molecule has 2 unspecified atom stereocenters. The number of ether oxygens (including phenoxy) is 1. The number of aryl methyl sites for hydroxylation is 1. The SMILES string of the molecule is CCNC(=O)NC(=O)C(C)OC(=O)c1cc2c(s1)CCC(C)C2. The molecule has 1 aromatic heterocycles. The van der Waals surface area contributed by atoms with Crippen molar-refractivity contribution in [1.82, 2.24) is 10.6 Å². The highest BCUT2D eigenvalue weighted by molar-refractivity contribution is 7.14. The monoisotopic (exact) mass is 338 g/mol. The van der Waals surface area contributed by atoms with Crippen LogP contribution in [0.4, 0.5) is 4.79 Å². The lowest BCUT2D eigenvalue weighted by Gasteiger charge is -2.16. The Balaban J connectivity index is 1.93. The van der Waals surface area contributed by atoms with E-state index in [0.717, 1.165) is 19.3 Å². The Morgan fingerprint density at radius 3 is 2.87 bits per heavy atom. The van der Waals surface area contributed by atoms with Crippen molar-refractivity contribution in [2.45, 2.75) is 46.1 Å². The Morgan fingerprint density at radius 1 is 1.43 bits per heavy atom. The summed E-state index contributed by atoms with van der Waals surface area (Å²) in [4.78, 5) is 37.0. The van der Waals surface area contributed by atoms with Crippen molar-refractivity contribution < 1.29 is 19.1 Å². The number of rotatable bonds is 4. The molecule has 2 N–H and O–H groups in total. The van der Waals surface area contributed by atoms with E-state index in [1.807, 2.05) is 6.07 Å². The predicted octanol–water partition coefficient (Wildman–Crippen LogP) is 2.26. The van der Waals surface area contributed by atoms with Gasteiger partial charge < -0.3 is 10.1 Å². The average molecular weight is 338 g/mol. The van der Waals surface area contributed by atoms with Crippen molar-refractivity contribution in [2.24, 2.45) is 5.92 Å². The fourth-order valence-electron chi connectivity index (χ4n) is 2.50. The first kappa shape index (κ1) is 17.5. The Bertz CT molecular complexity index is 611. The zero-order chi connectivity index (χ0) is 17.0. The van der Waals surface area contributed by atoms with Crippen LogP contribution in [0.1, 0.15) is 47.3 Å². The molecule has 1 aromatic rings. The Kier molecular flexibility index (Phi) is 5.76. The number of imide groups is 1. The minimum absolute atomic E-state index is 0.409. The number of carbonyl (C=O) groups is 3.